The lowest BCUT2D eigenvalue weighted by atomic mass is 9.82. The summed E-state index contributed by atoms with van der Waals surface area (Å²) in [6, 6.07) is 10.4. The van der Waals surface area contributed by atoms with E-state index >= 15 is 0 Å². The van der Waals surface area contributed by atoms with Crippen molar-refractivity contribution in [3.63, 3.8) is 0 Å². The highest BCUT2D eigenvalue weighted by molar-refractivity contribution is 5.78. The zero-order valence-corrected chi connectivity index (χ0v) is 12.9. The van der Waals surface area contributed by atoms with Gasteiger partial charge in [-0.1, -0.05) is 18.6 Å². The Morgan fingerprint density at radius 2 is 1.81 bits per heavy atom. The Bertz CT molecular complexity index is 633. The van der Waals surface area contributed by atoms with Crippen molar-refractivity contribution in [1.82, 2.24) is 14.5 Å². The lowest BCUT2D eigenvalue weighted by Crippen LogP contribution is -2.53. The molecule has 2 aliphatic heterocycles. The second kappa shape index (κ2) is 5.02. The molecule has 2 aromatic rings. The number of rotatable bonds is 2. The topological polar surface area (TPSA) is 33.1 Å². The average Bonchev–Trinajstić information content (AvgIpc) is 2.77. The molecule has 4 heteroatoms. The summed E-state index contributed by atoms with van der Waals surface area (Å²) in [5.74, 6) is 1.02. The molecule has 1 aromatic heterocycles. The van der Waals surface area contributed by atoms with Gasteiger partial charge in [0.15, 0.2) is 0 Å². The van der Waals surface area contributed by atoms with Crippen LogP contribution < -0.4 is 5.32 Å². The van der Waals surface area contributed by atoms with Crippen LogP contribution in [-0.2, 0) is 7.05 Å². The Hall–Kier alpha value is -1.55. The van der Waals surface area contributed by atoms with E-state index < -0.39 is 0 Å². The normalized spacial score (nSPS) is 29.7. The van der Waals surface area contributed by atoms with Gasteiger partial charge in [-0.3, -0.25) is 0 Å². The molecule has 2 atom stereocenters. The second-order valence-corrected chi connectivity index (χ2v) is 6.70. The van der Waals surface area contributed by atoms with Crippen LogP contribution >= 0.6 is 0 Å². The molecule has 0 amide bonds. The smallest absolute Gasteiger partial charge is 0.203 e. The lowest BCUT2D eigenvalue weighted by Gasteiger charge is -2.47. The highest BCUT2D eigenvalue weighted by atomic mass is 15.2. The molecule has 21 heavy (non-hydrogen) atoms. The van der Waals surface area contributed by atoms with Crippen molar-refractivity contribution < 1.29 is 0 Å². The van der Waals surface area contributed by atoms with Crippen molar-refractivity contribution in [2.24, 2.45) is 7.05 Å². The van der Waals surface area contributed by atoms with Gasteiger partial charge in [0.05, 0.1) is 11.0 Å². The fraction of sp³-hybridized carbons (Fsp3) is 0.588. The number of nitrogens with zero attached hydrogens (tertiary/aromatic N) is 3. The van der Waals surface area contributed by atoms with Gasteiger partial charge in [-0.2, -0.15) is 0 Å². The van der Waals surface area contributed by atoms with Gasteiger partial charge in [0, 0.05) is 25.2 Å². The van der Waals surface area contributed by atoms with E-state index in [0.29, 0.717) is 6.04 Å². The van der Waals surface area contributed by atoms with Gasteiger partial charge < -0.3 is 14.8 Å². The van der Waals surface area contributed by atoms with Crippen molar-refractivity contribution in [1.29, 1.82) is 0 Å². The molecule has 2 aliphatic rings. The number of anilines is 1. The molecule has 2 bridgehead atoms. The van der Waals surface area contributed by atoms with E-state index in [0.717, 1.165) is 23.5 Å². The summed E-state index contributed by atoms with van der Waals surface area (Å²) in [4.78, 5) is 7.37. The monoisotopic (exact) mass is 284 g/mol. The summed E-state index contributed by atoms with van der Waals surface area (Å²) >= 11 is 0. The SMILES string of the molecule is CN1C2CCCC1CC(Nc1nc3ccccc3n1C)C2. The maximum absolute atomic E-state index is 4.76. The van der Waals surface area contributed by atoms with E-state index in [2.05, 4.69) is 53.1 Å². The van der Waals surface area contributed by atoms with Crippen LogP contribution in [0.2, 0.25) is 0 Å². The molecule has 1 aromatic carbocycles. The molecule has 0 radical (unpaired) electrons. The van der Waals surface area contributed by atoms with E-state index in [-0.39, 0.29) is 0 Å². The molecular weight excluding hydrogens is 260 g/mol. The van der Waals surface area contributed by atoms with E-state index in [1.165, 1.54) is 37.6 Å². The molecular formula is C17H24N4. The van der Waals surface area contributed by atoms with E-state index in [1.54, 1.807) is 0 Å². The molecule has 2 unspecified atom stereocenters. The second-order valence-electron chi connectivity index (χ2n) is 6.70. The molecule has 4 rings (SSSR count). The minimum Gasteiger partial charge on any atom is -0.353 e. The van der Waals surface area contributed by atoms with Crippen LogP contribution in [0.4, 0.5) is 5.95 Å². The van der Waals surface area contributed by atoms with Crippen LogP contribution in [0.25, 0.3) is 11.0 Å². The number of aromatic nitrogens is 2. The fourth-order valence-corrected chi connectivity index (χ4v) is 4.19. The van der Waals surface area contributed by atoms with Crippen LogP contribution in [0.3, 0.4) is 0 Å². The fourth-order valence-electron chi connectivity index (χ4n) is 4.19. The predicted octanol–water partition coefficient (Wildman–Crippen LogP) is 3.00. The minimum absolute atomic E-state index is 0.562. The van der Waals surface area contributed by atoms with Crippen LogP contribution in [-0.4, -0.2) is 39.6 Å². The minimum atomic E-state index is 0.562. The zero-order chi connectivity index (χ0) is 14.4. The molecule has 0 saturated carbocycles. The number of fused-ring (bicyclic) bond motifs is 3. The van der Waals surface area contributed by atoms with Crippen molar-refractivity contribution in [3.05, 3.63) is 24.3 Å². The first kappa shape index (κ1) is 13.1. The number of imidazole rings is 1. The lowest BCUT2D eigenvalue weighted by molar-refractivity contribution is 0.0607. The van der Waals surface area contributed by atoms with Crippen molar-refractivity contribution in [3.8, 4) is 0 Å². The maximum atomic E-state index is 4.76. The number of hydrogen-bond acceptors (Lipinski definition) is 3. The van der Waals surface area contributed by atoms with Gasteiger partial charge in [0.2, 0.25) is 5.95 Å². The molecule has 0 aliphatic carbocycles. The van der Waals surface area contributed by atoms with Crippen LogP contribution in [0.5, 0.6) is 0 Å². The summed E-state index contributed by atoms with van der Waals surface area (Å²) in [6.45, 7) is 0. The Morgan fingerprint density at radius 3 is 2.52 bits per heavy atom. The van der Waals surface area contributed by atoms with Gasteiger partial charge in [-0.15, -0.1) is 0 Å². The summed E-state index contributed by atoms with van der Waals surface area (Å²) < 4.78 is 2.18. The van der Waals surface area contributed by atoms with Crippen LogP contribution in [0.15, 0.2) is 24.3 Å². The summed E-state index contributed by atoms with van der Waals surface area (Å²) in [6.07, 6.45) is 6.60. The van der Waals surface area contributed by atoms with Crippen molar-refractivity contribution in [2.45, 2.75) is 50.2 Å². The molecule has 4 nitrogen and oxygen atoms in total. The van der Waals surface area contributed by atoms with Crippen LogP contribution in [0.1, 0.15) is 32.1 Å². The summed E-state index contributed by atoms with van der Waals surface area (Å²) in [5, 5.41) is 3.71. The van der Waals surface area contributed by atoms with Crippen molar-refractivity contribution >= 4 is 17.0 Å². The Kier molecular flexibility index (Phi) is 3.14. The predicted molar refractivity (Wildman–Crippen MR) is 86.5 cm³/mol. The first-order valence-electron chi connectivity index (χ1n) is 8.12. The Balaban J connectivity index is 1.56. The van der Waals surface area contributed by atoms with Crippen molar-refractivity contribution in [2.75, 3.05) is 12.4 Å². The number of benzene rings is 1. The highest BCUT2D eigenvalue weighted by Crippen LogP contribution is 2.34. The zero-order valence-electron chi connectivity index (χ0n) is 12.9. The molecule has 0 spiro atoms. The Morgan fingerprint density at radius 1 is 1.10 bits per heavy atom. The highest BCUT2D eigenvalue weighted by Gasteiger charge is 2.36. The number of para-hydroxylation sites is 2. The van der Waals surface area contributed by atoms with Gasteiger partial charge in [-0.25, -0.2) is 4.98 Å². The first-order valence-corrected chi connectivity index (χ1v) is 8.12. The summed E-state index contributed by atoms with van der Waals surface area (Å²) in [7, 11) is 4.41. The van der Waals surface area contributed by atoms with Gasteiger partial charge in [0.1, 0.15) is 0 Å². The van der Waals surface area contributed by atoms with Gasteiger partial charge in [0.25, 0.3) is 0 Å². The maximum Gasteiger partial charge on any atom is 0.203 e. The largest absolute Gasteiger partial charge is 0.353 e. The summed E-state index contributed by atoms with van der Waals surface area (Å²) in [5.41, 5.74) is 2.28. The quantitative estimate of drug-likeness (QED) is 0.920. The average molecular weight is 284 g/mol. The number of hydrogen-bond donors (Lipinski definition) is 1. The number of aryl methyl sites for hydroxylation is 1. The standard InChI is InChI=1S/C17H24N4/c1-20-13-6-5-7-14(20)11-12(10-13)18-17-19-15-8-3-4-9-16(15)21(17)2/h3-4,8-9,12-14H,5-7,10-11H2,1-2H3,(H,18,19). The third-order valence-electron chi connectivity index (χ3n) is 5.46. The number of nitrogens with one attached hydrogen (secondary N) is 1. The Labute approximate surface area is 126 Å². The molecule has 2 saturated heterocycles. The molecule has 2 fully saturated rings. The third kappa shape index (κ3) is 2.22. The third-order valence-corrected chi connectivity index (χ3v) is 5.46. The van der Waals surface area contributed by atoms with E-state index in [1.807, 2.05) is 0 Å². The molecule has 3 heterocycles. The first-order chi connectivity index (χ1) is 10.2. The van der Waals surface area contributed by atoms with Gasteiger partial charge >= 0.3 is 0 Å². The number of piperidine rings is 2. The molecule has 1 N–H and O–H groups in total. The molecule has 112 valence electrons. The van der Waals surface area contributed by atoms with Crippen LogP contribution in [0, 0.1) is 0 Å². The van der Waals surface area contributed by atoms with Gasteiger partial charge in [-0.05, 0) is 44.9 Å². The van der Waals surface area contributed by atoms with E-state index in [9.17, 15) is 0 Å². The van der Waals surface area contributed by atoms with E-state index in [4.69, 9.17) is 4.98 Å².